The van der Waals surface area contributed by atoms with Gasteiger partial charge in [0.05, 0.1) is 14.2 Å². The maximum absolute atomic E-state index is 12.1. The molecular formula is C16H24N2O3. The van der Waals surface area contributed by atoms with E-state index >= 15 is 0 Å². The third-order valence-corrected chi connectivity index (χ3v) is 4.26. The minimum Gasteiger partial charge on any atom is -0.493 e. The number of carbonyl (C=O) groups excluding carboxylic acids is 1. The van der Waals surface area contributed by atoms with Crippen molar-refractivity contribution in [1.29, 1.82) is 0 Å². The predicted molar refractivity (Wildman–Crippen MR) is 82.4 cm³/mol. The molecule has 1 amide bonds. The summed E-state index contributed by atoms with van der Waals surface area (Å²) in [7, 11) is 7.34. The Morgan fingerprint density at radius 1 is 1.29 bits per heavy atom. The van der Waals surface area contributed by atoms with Crippen molar-refractivity contribution in [2.24, 2.45) is 0 Å². The molecule has 1 aromatic carbocycles. The minimum atomic E-state index is -0.0419. The molecule has 0 fully saturated rings. The molecule has 1 N–H and O–H groups in total. The molecule has 1 heterocycles. The van der Waals surface area contributed by atoms with Gasteiger partial charge in [-0.15, -0.1) is 0 Å². The van der Waals surface area contributed by atoms with Crippen LogP contribution in [0.5, 0.6) is 11.5 Å². The molecule has 0 bridgehead atoms. The van der Waals surface area contributed by atoms with Gasteiger partial charge < -0.3 is 19.7 Å². The fourth-order valence-corrected chi connectivity index (χ4v) is 2.68. The molecule has 5 nitrogen and oxygen atoms in total. The van der Waals surface area contributed by atoms with Gasteiger partial charge in [0, 0.05) is 24.1 Å². The van der Waals surface area contributed by atoms with Crippen molar-refractivity contribution in [1.82, 2.24) is 10.2 Å². The van der Waals surface area contributed by atoms with Gasteiger partial charge in [-0.05, 0) is 45.1 Å². The maximum atomic E-state index is 12.1. The molecule has 2 unspecified atom stereocenters. The summed E-state index contributed by atoms with van der Waals surface area (Å²) < 4.78 is 10.7. The van der Waals surface area contributed by atoms with E-state index in [1.165, 1.54) is 0 Å². The highest BCUT2D eigenvalue weighted by molar-refractivity contribution is 5.97. The lowest BCUT2D eigenvalue weighted by molar-refractivity contribution is 0.0936. The molecule has 0 aromatic heterocycles. The number of benzene rings is 1. The van der Waals surface area contributed by atoms with Gasteiger partial charge in [0.1, 0.15) is 0 Å². The molecular weight excluding hydrogens is 268 g/mol. The summed E-state index contributed by atoms with van der Waals surface area (Å²) >= 11 is 0. The van der Waals surface area contributed by atoms with E-state index in [-0.39, 0.29) is 11.8 Å². The lowest BCUT2D eigenvalue weighted by atomic mass is 9.85. The predicted octanol–water partition coefficient (Wildman–Crippen LogP) is 1.87. The van der Waals surface area contributed by atoms with Crippen LogP contribution in [-0.4, -0.2) is 51.7 Å². The van der Waals surface area contributed by atoms with Gasteiger partial charge in [0.2, 0.25) is 0 Å². The zero-order valence-electron chi connectivity index (χ0n) is 13.4. The number of hydrogen-bond donors (Lipinski definition) is 1. The Bertz CT molecular complexity index is 528. The Morgan fingerprint density at radius 3 is 2.48 bits per heavy atom. The first-order chi connectivity index (χ1) is 9.97. The van der Waals surface area contributed by atoms with E-state index in [1.54, 1.807) is 20.3 Å². The standard InChI is InChI=1S/C16H24N2O3/c1-10(18(2)3)6-11-9-17-16(19)13-8-15(21-5)14(20-4)7-12(11)13/h7-8,10-11H,6,9H2,1-5H3,(H,17,19). The van der Waals surface area contributed by atoms with E-state index in [1.807, 2.05) is 6.07 Å². The van der Waals surface area contributed by atoms with Crippen LogP contribution in [-0.2, 0) is 0 Å². The molecule has 0 aliphatic carbocycles. The van der Waals surface area contributed by atoms with Crippen molar-refractivity contribution in [3.63, 3.8) is 0 Å². The molecule has 5 heteroatoms. The number of carbonyl (C=O) groups is 1. The number of nitrogens with zero attached hydrogens (tertiary/aromatic N) is 1. The zero-order valence-corrected chi connectivity index (χ0v) is 13.4. The molecule has 1 aromatic rings. The molecule has 0 saturated carbocycles. The van der Waals surface area contributed by atoms with Crippen LogP contribution in [0.4, 0.5) is 0 Å². The third kappa shape index (κ3) is 3.13. The summed E-state index contributed by atoms with van der Waals surface area (Å²) in [5, 5.41) is 2.97. The minimum absolute atomic E-state index is 0.0419. The van der Waals surface area contributed by atoms with Crippen LogP contribution in [0.3, 0.4) is 0 Å². The van der Waals surface area contributed by atoms with Gasteiger partial charge in [-0.1, -0.05) is 0 Å². The van der Waals surface area contributed by atoms with Crippen LogP contribution in [0.1, 0.15) is 35.2 Å². The highest BCUT2D eigenvalue weighted by atomic mass is 16.5. The number of rotatable bonds is 5. The SMILES string of the molecule is COc1cc2c(cc1OC)C(CC(C)N(C)C)CNC2=O. The summed E-state index contributed by atoms with van der Waals surface area (Å²) in [6.07, 6.45) is 0.982. The van der Waals surface area contributed by atoms with E-state index in [2.05, 4.69) is 31.2 Å². The fraction of sp³-hybridized carbons (Fsp3) is 0.562. The second kappa shape index (κ2) is 6.35. The number of fused-ring (bicyclic) bond motifs is 1. The highest BCUT2D eigenvalue weighted by Gasteiger charge is 2.29. The van der Waals surface area contributed by atoms with E-state index in [0.29, 0.717) is 29.6 Å². The van der Waals surface area contributed by atoms with Gasteiger partial charge in [-0.3, -0.25) is 4.79 Å². The molecule has 2 atom stereocenters. The lowest BCUT2D eigenvalue weighted by Gasteiger charge is -2.30. The van der Waals surface area contributed by atoms with Gasteiger partial charge in [0.25, 0.3) is 5.91 Å². The van der Waals surface area contributed by atoms with Gasteiger partial charge in [0.15, 0.2) is 11.5 Å². The van der Waals surface area contributed by atoms with E-state index in [0.717, 1.165) is 12.0 Å². The van der Waals surface area contributed by atoms with Gasteiger partial charge in [-0.2, -0.15) is 0 Å². The number of methoxy groups -OCH3 is 2. The summed E-state index contributed by atoms with van der Waals surface area (Å²) in [6, 6.07) is 4.15. The van der Waals surface area contributed by atoms with E-state index in [4.69, 9.17) is 9.47 Å². The second-order valence-corrected chi connectivity index (χ2v) is 5.75. The largest absolute Gasteiger partial charge is 0.493 e. The summed E-state index contributed by atoms with van der Waals surface area (Å²) in [5.41, 5.74) is 1.74. The Kier molecular flexibility index (Phi) is 4.73. The van der Waals surface area contributed by atoms with Crippen LogP contribution < -0.4 is 14.8 Å². The van der Waals surface area contributed by atoms with Crippen molar-refractivity contribution in [2.45, 2.75) is 25.3 Å². The maximum Gasteiger partial charge on any atom is 0.251 e. The topological polar surface area (TPSA) is 50.8 Å². The average molecular weight is 292 g/mol. The second-order valence-electron chi connectivity index (χ2n) is 5.75. The Morgan fingerprint density at radius 2 is 1.90 bits per heavy atom. The van der Waals surface area contributed by atoms with Crippen LogP contribution >= 0.6 is 0 Å². The monoisotopic (exact) mass is 292 g/mol. The molecule has 21 heavy (non-hydrogen) atoms. The van der Waals surface area contributed by atoms with E-state index < -0.39 is 0 Å². The van der Waals surface area contributed by atoms with Crippen molar-refractivity contribution in [2.75, 3.05) is 34.9 Å². The lowest BCUT2D eigenvalue weighted by Crippen LogP contribution is -2.38. The van der Waals surface area contributed by atoms with Crippen molar-refractivity contribution >= 4 is 5.91 Å². The van der Waals surface area contributed by atoms with Crippen molar-refractivity contribution < 1.29 is 14.3 Å². The normalized spacial score (nSPS) is 19.0. The summed E-state index contributed by atoms with van der Waals surface area (Å²) in [5.74, 6) is 1.51. The van der Waals surface area contributed by atoms with Gasteiger partial charge in [-0.25, -0.2) is 0 Å². The number of ether oxygens (including phenoxy) is 2. The van der Waals surface area contributed by atoms with Crippen molar-refractivity contribution in [3.8, 4) is 11.5 Å². The average Bonchev–Trinajstić information content (AvgIpc) is 2.48. The first-order valence-electron chi connectivity index (χ1n) is 7.18. The number of nitrogens with one attached hydrogen (secondary N) is 1. The molecule has 0 saturated heterocycles. The highest BCUT2D eigenvalue weighted by Crippen LogP contribution is 2.37. The molecule has 1 aliphatic rings. The molecule has 0 spiro atoms. The number of amides is 1. The van der Waals surface area contributed by atoms with Crippen LogP contribution in [0.15, 0.2) is 12.1 Å². The Labute approximate surface area is 126 Å². The molecule has 1 aliphatic heterocycles. The summed E-state index contributed by atoms with van der Waals surface area (Å²) in [4.78, 5) is 14.3. The van der Waals surface area contributed by atoms with E-state index in [9.17, 15) is 4.79 Å². The van der Waals surface area contributed by atoms with Crippen LogP contribution in [0, 0.1) is 0 Å². The van der Waals surface area contributed by atoms with Gasteiger partial charge >= 0.3 is 0 Å². The number of hydrogen-bond acceptors (Lipinski definition) is 4. The smallest absolute Gasteiger partial charge is 0.251 e. The van der Waals surface area contributed by atoms with Crippen LogP contribution in [0.25, 0.3) is 0 Å². The Balaban J connectivity index is 2.39. The molecule has 0 radical (unpaired) electrons. The molecule has 116 valence electrons. The first kappa shape index (κ1) is 15.6. The molecule has 2 rings (SSSR count). The summed E-state index contributed by atoms with van der Waals surface area (Å²) in [6.45, 7) is 2.86. The fourth-order valence-electron chi connectivity index (χ4n) is 2.68. The quantitative estimate of drug-likeness (QED) is 0.900. The van der Waals surface area contributed by atoms with Crippen molar-refractivity contribution in [3.05, 3.63) is 23.3 Å². The zero-order chi connectivity index (χ0) is 15.6. The third-order valence-electron chi connectivity index (χ3n) is 4.26. The first-order valence-corrected chi connectivity index (χ1v) is 7.18. The Hall–Kier alpha value is -1.75. The van der Waals surface area contributed by atoms with Crippen LogP contribution in [0.2, 0.25) is 0 Å².